The van der Waals surface area contributed by atoms with Gasteiger partial charge in [-0.15, -0.1) is 0 Å². The maximum absolute atomic E-state index is 12.9. The number of carbonyl (C=O) groups excluding carboxylic acids is 1. The SMILES string of the molecule is CC(C)CC1NC(C(C)C)C(=O)N1C1CCN(C2CC2)C1. The van der Waals surface area contributed by atoms with E-state index < -0.39 is 0 Å². The van der Waals surface area contributed by atoms with E-state index in [-0.39, 0.29) is 12.2 Å². The van der Waals surface area contributed by atoms with Gasteiger partial charge in [-0.3, -0.25) is 15.0 Å². The van der Waals surface area contributed by atoms with Crippen molar-refractivity contribution < 1.29 is 4.79 Å². The fraction of sp³-hybridized carbons (Fsp3) is 0.941. The fourth-order valence-electron chi connectivity index (χ4n) is 3.98. The van der Waals surface area contributed by atoms with Crippen LogP contribution in [0.25, 0.3) is 0 Å². The number of likely N-dealkylation sites (tertiary alicyclic amines) is 1. The molecule has 2 heterocycles. The third-order valence-electron chi connectivity index (χ3n) is 5.24. The molecule has 3 unspecified atom stereocenters. The largest absolute Gasteiger partial charge is 0.321 e. The highest BCUT2D eigenvalue weighted by Crippen LogP contribution is 2.33. The smallest absolute Gasteiger partial charge is 0.241 e. The van der Waals surface area contributed by atoms with Crippen molar-refractivity contribution >= 4 is 5.91 Å². The first-order valence-electron chi connectivity index (χ1n) is 8.79. The van der Waals surface area contributed by atoms with Gasteiger partial charge in [0, 0.05) is 25.2 Å². The number of hydrogen-bond acceptors (Lipinski definition) is 3. The van der Waals surface area contributed by atoms with Crippen LogP contribution in [-0.2, 0) is 4.79 Å². The van der Waals surface area contributed by atoms with Crippen LogP contribution in [-0.4, -0.2) is 53.1 Å². The number of nitrogens with zero attached hydrogens (tertiary/aromatic N) is 2. The van der Waals surface area contributed by atoms with Crippen LogP contribution < -0.4 is 5.32 Å². The maximum atomic E-state index is 12.9. The van der Waals surface area contributed by atoms with E-state index >= 15 is 0 Å². The molecule has 1 saturated carbocycles. The summed E-state index contributed by atoms with van der Waals surface area (Å²) >= 11 is 0. The van der Waals surface area contributed by atoms with Crippen LogP contribution >= 0.6 is 0 Å². The van der Waals surface area contributed by atoms with E-state index in [9.17, 15) is 4.79 Å². The van der Waals surface area contributed by atoms with Gasteiger partial charge in [-0.2, -0.15) is 0 Å². The summed E-state index contributed by atoms with van der Waals surface area (Å²) in [5, 5.41) is 3.62. The molecule has 0 aromatic heterocycles. The van der Waals surface area contributed by atoms with E-state index in [4.69, 9.17) is 0 Å². The van der Waals surface area contributed by atoms with Crippen molar-refractivity contribution in [3.05, 3.63) is 0 Å². The highest BCUT2D eigenvalue weighted by molar-refractivity contribution is 5.85. The highest BCUT2D eigenvalue weighted by Gasteiger charge is 2.46. The number of hydrogen-bond donors (Lipinski definition) is 1. The third-order valence-corrected chi connectivity index (χ3v) is 5.24. The van der Waals surface area contributed by atoms with Gasteiger partial charge < -0.3 is 4.90 Å². The fourth-order valence-corrected chi connectivity index (χ4v) is 3.98. The predicted molar refractivity (Wildman–Crippen MR) is 84.9 cm³/mol. The molecule has 0 radical (unpaired) electrons. The van der Waals surface area contributed by atoms with Crippen molar-refractivity contribution in [3.63, 3.8) is 0 Å². The lowest BCUT2D eigenvalue weighted by molar-refractivity contribution is -0.132. The molecule has 4 nitrogen and oxygen atoms in total. The molecule has 0 aromatic rings. The Morgan fingerprint density at radius 2 is 1.86 bits per heavy atom. The van der Waals surface area contributed by atoms with Crippen molar-refractivity contribution in [2.75, 3.05) is 13.1 Å². The van der Waals surface area contributed by atoms with Gasteiger partial charge in [0.25, 0.3) is 0 Å². The van der Waals surface area contributed by atoms with Gasteiger partial charge >= 0.3 is 0 Å². The Hall–Kier alpha value is -0.610. The molecule has 2 aliphatic heterocycles. The molecule has 0 spiro atoms. The standard InChI is InChI=1S/C17H31N3O/c1-11(2)9-15-18-16(12(3)4)17(21)20(15)14-7-8-19(10-14)13-5-6-13/h11-16,18H,5-10H2,1-4H3. The number of nitrogens with one attached hydrogen (secondary N) is 1. The molecule has 1 N–H and O–H groups in total. The van der Waals surface area contributed by atoms with Crippen LogP contribution in [0.4, 0.5) is 0 Å². The molecule has 3 fully saturated rings. The van der Waals surface area contributed by atoms with Crippen molar-refractivity contribution in [1.29, 1.82) is 0 Å². The van der Waals surface area contributed by atoms with Gasteiger partial charge in [-0.05, 0) is 37.5 Å². The van der Waals surface area contributed by atoms with E-state index in [0.29, 0.717) is 23.8 Å². The van der Waals surface area contributed by atoms with Gasteiger partial charge in [0.05, 0.1) is 12.2 Å². The summed E-state index contributed by atoms with van der Waals surface area (Å²) < 4.78 is 0. The summed E-state index contributed by atoms with van der Waals surface area (Å²) in [5.74, 6) is 1.33. The summed E-state index contributed by atoms with van der Waals surface area (Å²) in [4.78, 5) is 17.7. The first-order chi connectivity index (χ1) is 9.97. The lowest BCUT2D eigenvalue weighted by Crippen LogP contribution is -2.46. The zero-order chi connectivity index (χ0) is 15.1. The van der Waals surface area contributed by atoms with Gasteiger partial charge in [-0.1, -0.05) is 27.7 Å². The van der Waals surface area contributed by atoms with Crippen molar-refractivity contribution in [1.82, 2.24) is 15.1 Å². The summed E-state index contributed by atoms with van der Waals surface area (Å²) in [6, 6.07) is 1.27. The van der Waals surface area contributed by atoms with Gasteiger partial charge in [-0.25, -0.2) is 0 Å². The van der Waals surface area contributed by atoms with Crippen molar-refractivity contribution in [2.24, 2.45) is 11.8 Å². The second kappa shape index (κ2) is 5.88. The van der Waals surface area contributed by atoms with Crippen molar-refractivity contribution in [3.8, 4) is 0 Å². The first kappa shape index (κ1) is 15.3. The van der Waals surface area contributed by atoms with E-state index in [2.05, 4.69) is 42.8 Å². The Morgan fingerprint density at radius 1 is 1.14 bits per heavy atom. The molecule has 2 saturated heterocycles. The van der Waals surface area contributed by atoms with E-state index in [1.165, 1.54) is 19.4 Å². The quantitative estimate of drug-likeness (QED) is 0.843. The summed E-state index contributed by atoms with van der Waals surface area (Å²) in [7, 11) is 0. The van der Waals surface area contributed by atoms with Gasteiger partial charge in [0.2, 0.25) is 5.91 Å². The number of carbonyl (C=O) groups is 1. The average Bonchev–Trinajstić information content (AvgIpc) is 3.05. The minimum absolute atomic E-state index is 0.0173. The topological polar surface area (TPSA) is 35.6 Å². The third kappa shape index (κ3) is 3.11. The summed E-state index contributed by atoms with van der Waals surface area (Å²) in [6.07, 6.45) is 5.19. The molecule has 0 bridgehead atoms. The van der Waals surface area contributed by atoms with E-state index in [1.807, 2.05) is 0 Å². The zero-order valence-corrected chi connectivity index (χ0v) is 14.0. The van der Waals surface area contributed by atoms with Crippen LogP contribution in [0.1, 0.15) is 53.4 Å². The van der Waals surface area contributed by atoms with Crippen LogP contribution in [0, 0.1) is 11.8 Å². The normalized spacial score (nSPS) is 34.7. The zero-order valence-electron chi connectivity index (χ0n) is 14.0. The molecule has 3 rings (SSSR count). The van der Waals surface area contributed by atoms with Crippen LogP contribution in [0.2, 0.25) is 0 Å². The molecule has 21 heavy (non-hydrogen) atoms. The van der Waals surface area contributed by atoms with Crippen LogP contribution in [0.3, 0.4) is 0 Å². The number of amides is 1. The average molecular weight is 293 g/mol. The van der Waals surface area contributed by atoms with E-state index in [0.717, 1.165) is 25.4 Å². The molecular weight excluding hydrogens is 262 g/mol. The molecule has 0 aromatic carbocycles. The first-order valence-corrected chi connectivity index (χ1v) is 8.79. The Bertz CT molecular complexity index is 391. The molecule has 3 atom stereocenters. The highest BCUT2D eigenvalue weighted by atomic mass is 16.2. The van der Waals surface area contributed by atoms with Gasteiger partial charge in [0.15, 0.2) is 0 Å². The molecular formula is C17H31N3O. The monoisotopic (exact) mass is 293 g/mol. The van der Waals surface area contributed by atoms with Crippen LogP contribution in [0.15, 0.2) is 0 Å². The lowest BCUT2D eigenvalue weighted by Gasteiger charge is -2.31. The molecule has 4 heteroatoms. The van der Waals surface area contributed by atoms with E-state index in [1.54, 1.807) is 0 Å². The predicted octanol–water partition coefficient (Wildman–Crippen LogP) is 2.05. The van der Waals surface area contributed by atoms with Crippen LogP contribution in [0.5, 0.6) is 0 Å². The number of rotatable bonds is 5. The summed E-state index contributed by atoms with van der Waals surface area (Å²) in [6.45, 7) is 11.1. The Labute approximate surface area is 129 Å². The second-order valence-corrected chi connectivity index (χ2v) is 7.95. The van der Waals surface area contributed by atoms with Crippen molar-refractivity contribution in [2.45, 2.75) is 77.7 Å². The molecule has 1 amide bonds. The maximum Gasteiger partial charge on any atom is 0.241 e. The minimum atomic E-state index is 0.0173. The Kier molecular flexibility index (Phi) is 4.28. The Balaban J connectivity index is 1.71. The molecule has 3 aliphatic rings. The lowest BCUT2D eigenvalue weighted by atomic mass is 10.0. The van der Waals surface area contributed by atoms with Gasteiger partial charge in [0.1, 0.15) is 0 Å². The molecule has 120 valence electrons. The molecule has 1 aliphatic carbocycles. The minimum Gasteiger partial charge on any atom is -0.321 e. The summed E-state index contributed by atoms with van der Waals surface area (Å²) in [5.41, 5.74) is 0. The second-order valence-electron chi connectivity index (χ2n) is 7.95. The Morgan fingerprint density at radius 3 is 2.43 bits per heavy atom.